The Morgan fingerprint density at radius 1 is 0.828 bits per heavy atom. The first-order chi connectivity index (χ1) is 14.1. The van der Waals surface area contributed by atoms with E-state index < -0.39 is 6.89 Å². The minimum atomic E-state index is -2.08. The van der Waals surface area contributed by atoms with Gasteiger partial charge in [-0.15, -0.1) is 0 Å². The van der Waals surface area contributed by atoms with Crippen molar-refractivity contribution in [1.29, 1.82) is 0 Å². The van der Waals surface area contributed by atoms with Gasteiger partial charge in [-0.25, -0.2) is 4.98 Å². The van der Waals surface area contributed by atoms with E-state index in [0.29, 0.717) is 0 Å². The lowest BCUT2D eigenvalue weighted by atomic mass is 10.4. The molecular weight excluding hydrogens is 379 g/mol. The summed E-state index contributed by atoms with van der Waals surface area (Å²) < 4.78 is 0.889. The van der Waals surface area contributed by atoms with Gasteiger partial charge in [-0.3, -0.25) is 4.79 Å². The van der Waals surface area contributed by atoms with Gasteiger partial charge in [0.05, 0.1) is 6.20 Å². The number of nitrogens with zero attached hydrogens (tertiary/aromatic N) is 2. The molecule has 0 spiro atoms. The summed E-state index contributed by atoms with van der Waals surface area (Å²) in [6.07, 6.45) is 4.25. The van der Waals surface area contributed by atoms with Gasteiger partial charge >= 0.3 is 0 Å². The number of benzene rings is 3. The van der Waals surface area contributed by atoms with Gasteiger partial charge in [0.2, 0.25) is 0 Å². The molecule has 5 heteroatoms. The van der Waals surface area contributed by atoms with Crippen molar-refractivity contribution in [1.82, 2.24) is 9.71 Å². The topological polar surface area (TPSA) is 55.1 Å². The second-order valence-electron chi connectivity index (χ2n) is 6.41. The molecular formula is C24H23N2O2P. The van der Waals surface area contributed by atoms with Crippen LogP contribution in [0, 0.1) is 0 Å². The molecule has 1 aromatic heterocycles. The first kappa shape index (κ1) is 20.4. The van der Waals surface area contributed by atoms with Gasteiger partial charge in [0.25, 0.3) is 0 Å². The third kappa shape index (κ3) is 4.92. The number of ketones is 1. The van der Waals surface area contributed by atoms with Crippen LogP contribution in [0.5, 0.6) is 0 Å². The highest BCUT2D eigenvalue weighted by Gasteiger charge is 2.25. The van der Waals surface area contributed by atoms with Gasteiger partial charge in [0.15, 0.2) is 5.78 Å². The molecule has 0 aliphatic heterocycles. The van der Waals surface area contributed by atoms with Crippen LogP contribution in [0.1, 0.15) is 6.92 Å². The van der Waals surface area contributed by atoms with Crippen LogP contribution < -0.4 is 15.9 Å². The number of hydrogen-bond donors (Lipinski definition) is 1. The maximum Gasteiger partial charge on any atom is 0.153 e. The van der Waals surface area contributed by atoms with Crippen LogP contribution in [0.2, 0.25) is 0 Å². The molecule has 0 aliphatic rings. The number of Topliss-reactive ketones (excluding diaryl/α,β-unsaturated/α-hetero) is 1. The highest BCUT2D eigenvalue weighted by molar-refractivity contribution is 7.95. The SMILES string of the molecule is CC(=O)C=P(c1ccccc1)(c1ccccc1)c1ccccc1.On1ccnc1. The summed E-state index contributed by atoms with van der Waals surface area (Å²) in [6, 6.07) is 31.1. The van der Waals surface area contributed by atoms with Gasteiger partial charge < -0.3 is 5.21 Å². The van der Waals surface area contributed by atoms with Crippen molar-refractivity contribution < 1.29 is 10.0 Å². The van der Waals surface area contributed by atoms with Crippen LogP contribution in [0.3, 0.4) is 0 Å². The monoisotopic (exact) mass is 402 g/mol. The summed E-state index contributed by atoms with van der Waals surface area (Å²) in [4.78, 5) is 15.7. The minimum Gasteiger partial charge on any atom is -0.427 e. The van der Waals surface area contributed by atoms with Crippen LogP contribution in [-0.2, 0) is 4.79 Å². The zero-order chi connectivity index (χ0) is 20.5. The molecule has 4 aromatic rings. The first-order valence-corrected chi connectivity index (χ1v) is 11.1. The van der Waals surface area contributed by atoms with Crippen molar-refractivity contribution in [3.63, 3.8) is 0 Å². The zero-order valence-electron chi connectivity index (χ0n) is 16.2. The maximum absolute atomic E-state index is 12.2. The van der Waals surface area contributed by atoms with Crippen molar-refractivity contribution in [3.05, 3.63) is 110 Å². The van der Waals surface area contributed by atoms with E-state index in [0.717, 1.165) is 4.73 Å². The lowest BCUT2D eigenvalue weighted by molar-refractivity contribution is -0.110. The van der Waals surface area contributed by atoms with E-state index in [1.165, 1.54) is 34.6 Å². The summed E-state index contributed by atoms with van der Waals surface area (Å²) in [5, 5.41) is 11.9. The quantitative estimate of drug-likeness (QED) is 0.420. The van der Waals surface area contributed by atoms with Gasteiger partial charge in [-0.1, -0.05) is 91.0 Å². The number of carbonyl (C=O) groups excluding carboxylic acids is 1. The fourth-order valence-corrected chi connectivity index (χ4v) is 7.00. The Labute approximate surface area is 171 Å². The average molecular weight is 402 g/mol. The van der Waals surface area contributed by atoms with E-state index in [1.54, 1.807) is 6.92 Å². The molecule has 4 rings (SSSR count). The lowest BCUT2D eigenvalue weighted by Crippen LogP contribution is -2.28. The highest BCUT2D eigenvalue weighted by Crippen LogP contribution is 2.43. The van der Waals surface area contributed by atoms with Crippen LogP contribution in [-0.4, -0.2) is 26.5 Å². The number of aromatic nitrogens is 2. The molecule has 0 bridgehead atoms. The van der Waals surface area contributed by atoms with Gasteiger partial charge in [-0.05, 0) is 35.5 Å². The number of imidazole rings is 1. The van der Waals surface area contributed by atoms with Crippen LogP contribution in [0.4, 0.5) is 0 Å². The van der Waals surface area contributed by atoms with Crippen molar-refractivity contribution in [3.8, 4) is 0 Å². The molecule has 0 saturated carbocycles. The molecule has 0 amide bonds. The highest BCUT2D eigenvalue weighted by atomic mass is 31.2. The normalized spacial score (nSPS) is 10.5. The number of rotatable bonds is 4. The van der Waals surface area contributed by atoms with E-state index in [9.17, 15) is 4.79 Å². The van der Waals surface area contributed by atoms with Crippen molar-refractivity contribution in [2.24, 2.45) is 0 Å². The minimum absolute atomic E-state index is 0.106. The fourth-order valence-electron chi connectivity index (χ4n) is 3.18. The smallest absolute Gasteiger partial charge is 0.153 e. The fraction of sp³-hybridized carbons (Fsp3) is 0.0417. The third-order valence-corrected chi connectivity index (χ3v) is 8.45. The van der Waals surface area contributed by atoms with E-state index in [-0.39, 0.29) is 5.78 Å². The van der Waals surface area contributed by atoms with E-state index >= 15 is 0 Å². The number of carbonyl (C=O) groups is 1. The first-order valence-electron chi connectivity index (χ1n) is 9.22. The lowest BCUT2D eigenvalue weighted by Gasteiger charge is -2.28. The van der Waals surface area contributed by atoms with Gasteiger partial charge in [0.1, 0.15) is 6.33 Å². The van der Waals surface area contributed by atoms with Gasteiger partial charge in [-0.2, -0.15) is 4.73 Å². The molecule has 0 saturated heterocycles. The summed E-state index contributed by atoms with van der Waals surface area (Å²) in [6.45, 7) is -0.441. The molecule has 0 fully saturated rings. The number of hydrogen-bond acceptors (Lipinski definition) is 3. The predicted octanol–water partition coefficient (Wildman–Crippen LogP) is 3.49. The summed E-state index contributed by atoms with van der Waals surface area (Å²) in [7, 11) is 0. The van der Waals surface area contributed by atoms with Crippen LogP contribution in [0.15, 0.2) is 110 Å². The van der Waals surface area contributed by atoms with E-state index in [1.807, 2.05) is 60.4 Å². The largest absolute Gasteiger partial charge is 0.427 e. The Bertz CT molecular complexity index is 974. The Morgan fingerprint density at radius 3 is 1.48 bits per heavy atom. The second-order valence-corrected chi connectivity index (χ2v) is 9.66. The Balaban J connectivity index is 0.000000343. The maximum atomic E-state index is 12.2. The molecule has 0 radical (unpaired) electrons. The molecule has 0 unspecified atom stereocenters. The molecule has 0 atom stereocenters. The molecule has 29 heavy (non-hydrogen) atoms. The molecule has 0 aliphatic carbocycles. The average Bonchev–Trinajstić information content (AvgIpc) is 3.25. The summed E-state index contributed by atoms with van der Waals surface area (Å²) in [5.74, 6) is 2.04. The standard InChI is InChI=1S/C21H19OP.C3H4N2O/c1-18(22)17-23(19-11-5-2-6-12-19,20-13-7-3-8-14-20)21-15-9-4-10-16-21;6-5-2-1-4-3-5/h2-17H,1H3;1-3,6H. The zero-order valence-corrected chi connectivity index (χ0v) is 17.1. The van der Waals surface area contributed by atoms with E-state index in [2.05, 4.69) is 41.4 Å². The molecule has 3 aromatic carbocycles. The van der Waals surface area contributed by atoms with Crippen molar-refractivity contribution in [2.45, 2.75) is 6.92 Å². The summed E-state index contributed by atoms with van der Waals surface area (Å²) >= 11 is 0. The van der Waals surface area contributed by atoms with Crippen molar-refractivity contribution in [2.75, 3.05) is 0 Å². The van der Waals surface area contributed by atoms with Crippen LogP contribution in [0.25, 0.3) is 0 Å². The van der Waals surface area contributed by atoms with Gasteiger partial charge in [0, 0.05) is 6.20 Å². The Morgan fingerprint density at radius 2 is 1.24 bits per heavy atom. The summed E-state index contributed by atoms with van der Waals surface area (Å²) in [5.41, 5.74) is 0. The molecule has 4 nitrogen and oxygen atoms in total. The van der Waals surface area contributed by atoms with Crippen LogP contribution >= 0.6 is 6.89 Å². The molecule has 1 N–H and O–H groups in total. The molecule has 1 heterocycles. The predicted molar refractivity (Wildman–Crippen MR) is 121 cm³/mol. The molecule has 146 valence electrons. The Hall–Kier alpha value is -3.36. The third-order valence-electron chi connectivity index (χ3n) is 4.36. The van der Waals surface area contributed by atoms with E-state index in [4.69, 9.17) is 5.21 Å². The Kier molecular flexibility index (Phi) is 6.83. The second kappa shape index (κ2) is 9.72. The van der Waals surface area contributed by atoms with Crippen molar-refractivity contribution >= 4 is 34.4 Å².